The molecule has 0 bridgehead atoms. The summed E-state index contributed by atoms with van der Waals surface area (Å²) in [7, 11) is 1.90. The zero-order chi connectivity index (χ0) is 30.9. The van der Waals surface area contributed by atoms with Gasteiger partial charge >= 0.3 is 6.03 Å². The van der Waals surface area contributed by atoms with Crippen LogP contribution in [-0.4, -0.2) is 56.9 Å². The largest absolute Gasteiger partial charge is 0.342 e. The van der Waals surface area contributed by atoms with Crippen LogP contribution in [0.3, 0.4) is 0 Å². The molecule has 0 aliphatic carbocycles. The van der Waals surface area contributed by atoms with E-state index in [1.54, 1.807) is 0 Å². The molecular weight excluding hydrogens is 545 g/mol. The Morgan fingerprint density at radius 3 is 2.37 bits per heavy atom. The SMILES string of the molecule is CN(c1nccc(=O)n1C(=O)NC(C)(C)CC(C)(C)C)C1CCN(c2nc3ccccc3n2Cc2ccc(F)cc2)CC1. The maximum absolute atomic E-state index is 13.6. The molecule has 2 aromatic heterocycles. The fraction of sp³-hybridized carbons (Fsp3) is 0.455. The molecule has 0 unspecified atom stereocenters. The molecule has 0 atom stereocenters. The highest BCUT2D eigenvalue weighted by molar-refractivity contribution is 5.80. The van der Waals surface area contributed by atoms with Gasteiger partial charge in [-0.15, -0.1) is 0 Å². The summed E-state index contributed by atoms with van der Waals surface area (Å²) in [6.07, 6.45) is 3.79. The standard InChI is InChI=1S/C33H42FN7O2/c1-32(2,3)22-33(4,5)37-31(43)41-28(42)15-18-35-29(41)38(6)25-16-19-39(20-17-25)30-36-26-9-7-8-10-27(26)40(30)21-23-11-13-24(34)14-12-23/h7-15,18,25H,16-17,19-22H2,1-6H3,(H,37,43). The number of carbonyl (C=O) groups is 1. The van der Waals surface area contributed by atoms with Crippen LogP contribution in [0, 0.1) is 11.2 Å². The van der Waals surface area contributed by atoms with E-state index in [9.17, 15) is 14.0 Å². The minimum Gasteiger partial charge on any atom is -0.342 e. The number of nitrogens with one attached hydrogen (secondary N) is 1. The third kappa shape index (κ3) is 6.89. The maximum atomic E-state index is 13.6. The normalized spacial score (nSPS) is 14.7. The Morgan fingerprint density at radius 2 is 1.70 bits per heavy atom. The van der Waals surface area contributed by atoms with E-state index in [0.29, 0.717) is 12.5 Å². The lowest BCUT2D eigenvalue weighted by atomic mass is 9.82. The molecule has 43 heavy (non-hydrogen) atoms. The van der Waals surface area contributed by atoms with Crippen molar-refractivity contribution in [3.63, 3.8) is 0 Å². The van der Waals surface area contributed by atoms with Crippen molar-refractivity contribution in [3.05, 3.63) is 82.5 Å². The molecule has 9 nitrogen and oxygen atoms in total. The molecule has 4 aromatic rings. The molecule has 0 saturated carbocycles. The van der Waals surface area contributed by atoms with Crippen LogP contribution in [0.15, 0.2) is 65.6 Å². The maximum Gasteiger partial charge on any atom is 0.331 e. The molecule has 0 radical (unpaired) electrons. The molecule has 5 rings (SSSR count). The molecule has 3 heterocycles. The van der Waals surface area contributed by atoms with E-state index in [1.165, 1.54) is 24.4 Å². The summed E-state index contributed by atoms with van der Waals surface area (Å²) in [5, 5.41) is 3.06. The van der Waals surface area contributed by atoms with Gasteiger partial charge in [0.25, 0.3) is 5.56 Å². The Bertz CT molecular complexity index is 1640. The lowest BCUT2D eigenvalue weighted by Crippen LogP contribution is -2.51. The summed E-state index contributed by atoms with van der Waals surface area (Å²) in [6.45, 7) is 12.4. The topological polar surface area (TPSA) is 88.3 Å². The number of halogens is 1. The first-order chi connectivity index (χ1) is 20.3. The smallest absolute Gasteiger partial charge is 0.331 e. The van der Waals surface area contributed by atoms with Gasteiger partial charge in [-0.3, -0.25) is 4.79 Å². The van der Waals surface area contributed by atoms with Gasteiger partial charge in [-0.25, -0.2) is 19.2 Å². The zero-order valence-corrected chi connectivity index (χ0v) is 26.0. The van der Waals surface area contributed by atoms with Crippen LogP contribution in [0.25, 0.3) is 11.0 Å². The molecule has 1 aliphatic heterocycles. The number of rotatable bonds is 7. The molecule has 1 saturated heterocycles. The van der Waals surface area contributed by atoms with Gasteiger partial charge in [-0.1, -0.05) is 45.0 Å². The van der Waals surface area contributed by atoms with E-state index in [4.69, 9.17) is 4.98 Å². The van der Waals surface area contributed by atoms with Crippen LogP contribution in [0.2, 0.25) is 0 Å². The number of para-hydroxylation sites is 2. The number of amides is 1. The van der Waals surface area contributed by atoms with Gasteiger partial charge in [0.1, 0.15) is 5.82 Å². The van der Waals surface area contributed by atoms with Crippen LogP contribution >= 0.6 is 0 Å². The van der Waals surface area contributed by atoms with E-state index in [1.807, 2.05) is 56.1 Å². The van der Waals surface area contributed by atoms with Crippen molar-refractivity contribution in [3.8, 4) is 0 Å². The van der Waals surface area contributed by atoms with Crippen LogP contribution < -0.4 is 20.7 Å². The number of fused-ring (bicyclic) bond motifs is 1. The predicted octanol–water partition coefficient (Wildman–Crippen LogP) is 5.66. The van der Waals surface area contributed by atoms with Gasteiger partial charge in [0.05, 0.1) is 17.6 Å². The van der Waals surface area contributed by atoms with Crippen molar-refractivity contribution in [1.29, 1.82) is 0 Å². The van der Waals surface area contributed by atoms with Crippen LogP contribution in [0.4, 0.5) is 21.1 Å². The summed E-state index contributed by atoms with van der Waals surface area (Å²) in [5.74, 6) is 0.954. The van der Waals surface area contributed by atoms with E-state index in [2.05, 4.69) is 46.6 Å². The van der Waals surface area contributed by atoms with Gasteiger partial charge in [-0.2, -0.15) is 4.57 Å². The quantitative estimate of drug-likeness (QED) is 0.300. The number of imidazole rings is 1. The summed E-state index contributed by atoms with van der Waals surface area (Å²) in [6, 6.07) is 15.6. The van der Waals surface area contributed by atoms with Crippen LogP contribution in [0.1, 0.15) is 59.4 Å². The predicted molar refractivity (Wildman–Crippen MR) is 169 cm³/mol. The molecule has 0 spiro atoms. The summed E-state index contributed by atoms with van der Waals surface area (Å²) >= 11 is 0. The average Bonchev–Trinajstić information content (AvgIpc) is 3.30. The fourth-order valence-corrected chi connectivity index (χ4v) is 6.40. The van der Waals surface area contributed by atoms with E-state index >= 15 is 0 Å². The first kappa shape index (κ1) is 30.3. The van der Waals surface area contributed by atoms with Crippen LogP contribution in [0.5, 0.6) is 0 Å². The molecule has 2 aromatic carbocycles. The highest BCUT2D eigenvalue weighted by atomic mass is 19.1. The second-order valence-corrected chi connectivity index (χ2v) is 13.4. The molecule has 1 N–H and O–H groups in total. The second kappa shape index (κ2) is 11.8. The number of aromatic nitrogens is 4. The van der Waals surface area contributed by atoms with Crippen molar-refractivity contribution >= 4 is 29.0 Å². The number of hydrogen-bond donors (Lipinski definition) is 1. The first-order valence-corrected chi connectivity index (χ1v) is 14.9. The molecule has 1 fully saturated rings. The molecule has 228 valence electrons. The summed E-state index contributed by atoms with van der Waals surface area (Å²) in [5.41, 5.74) is 2.02. The molecule has 10 heteroatoms. The Hall–Kier alpha value is -4.21. The number of hydrogen-bond acceptors (Lipinski definition) is 6. The second-order valence-electron chi connectivity index (χ2n) is 13.4. The third-order valence-corrected chi connectivity index (χ3v) is 7.95. The van der Waals surface area contributed by atoms with E-state index in [0.717, 1.165) is 59.5 Å². The van der Waals surface area contributed by atoms with Gasteiger partial charge < -0.3 is 19.7 Å². The lowest BCUT2D eigenvalue weighted by Gasteiger charge is -2.38. The summed E-state index contributed by atoms with van der Waals surface area (Å²) < 4.78 is 16.9. The van der Waals surface area contributed by atoms with E-state index in [-0.39, 0.29) is 17.3 Å². The van der Waals surface area contributed by atoms with Crippen molar-refractivity contribution < 1.29 is 9.18 Å². The highest BCUT2D eigenvalue weighted by Gasteiger charge is 2.31. The van der Waals surface area contributed by atoms with Crippen molar-refractivity contribution in [2.75, 3.05) is 29.9 Å². The van der Waals surface area contributed by atoms with E-state index < -0.39 is 17.1 Å². The minimum atomic E-state index is -0.509. The number of benzene rings is 2. The minimum absolute atomic E-state index is 0.00382. The molecule has 1 amide bonds. The number of anilines is 2. The Morgan fingerprint density at radius 1 is 1.02 bits per heavy atom. The highest BCUT2D eigenvalue weighted by Crippen LogP contribution is 2.29. The van der Waals surface area contributed by atoms with Gasteiger partial charge in [0.2, 0.25) is 11.9 Å². The average molecular weight is 588 g/mol. The van der Waals surface area contributed by atoms with Gasteiger partial charge in [0, 0.05) is 44.0 Å². The lowest BCUT2D eigenvalue weighted by molar-refractivity contribution is 0.211. The Labute approximate surface area is 252 Å². The van der Waals surface area contributed by atoms with Crippen molar-refractivity contribution in [2.45, 2.75) is 72.0 Å². The third-order valence-electron chi connectivity index (χ3n) is 7.95. The number of nitrogens with zero attached hydrogens (tertiary/aromatic N) is 6. The first-order valence-electron chi connectivity index (χ1n) is 14.9. The monoisotopic (exact) mass is 587 g/mol. The Kier molecular flexibility index (Phi) is 8.31. The summed E-state index contributed by atoms with van der Waals surface area (Å²) in [4.78, 5) is 40.1. The van der Waals surface area contributed by atoms with Crippen molar-refractivity contribution in [1.82, 2.24) is 24.4 Å². The number of piperidine rings is 1. The van der Waals surface area contributed by atoms with Crippen molar-refractivity contribution in [2.24, 2.45) is 5.41 Å². The van der Waals surface area contributed by atoms with Gasteiger partial charge in [0.15, 0.2) is 0 Å². The molecule has 1 aliphatic rings. The number of carbonyl (C=O) groups excluding carboxylic acids is 1. The Balaban J connectivity index is 1.34. The molecular formula is C33H42FN7O2. The van der Waals surface area contributed by atoms with Gasteiger partial charge in [-0.05, 0) is 68.4 Å². The fourth-order valence-electron chi connectivity index (χ4n) is 6.40. The zero-order valence-electron chi connectivity index (χ0n) is 26.0. The van der Waals surface area contributed by atoms with Crippen LogP contribution in [-0.2, 0) is 6.54 Å².